The number of non-ortho nitro benzene ring substituents is 1. The molecule has 1 amide bonds. The molecule has 15 heteroatoms. The Morgan fingerprint density at radius 2 is 1.72 bits per heavy atom. The second-order valence-corrected chi connectivity index (χ2v) is 14.1. The summed E-state index contributed by atoms with van der Waals surface area (Å²) in [6.45, 7) is 4.27. The van der Waals surface area contributed by atoms with Crippen LogP contribution < -0.4 is 5.32 Å². The van der Waals surface area contributed by atoms with Gasteiger partial charge >= 0.3 is 0 Å². The standard InChI is InChI=1S/C32H25N7O5S3/c1-3-16-38-30(25-17-27(33-26-7-5-4-6-24(25)26)20-10-14-23(15-11-20)47(2,43)44)36-37-32(38)46-19-29(40)35-31-34-28(18-45-31)21-8-12-22(13-9-21)39(41)42/h3-15,17-18H,1,16,19H2,2H3,(H,34,35,40). The number of nitrogens with one attached hydrogen (secondary N) is 1. The number of aromatic nitrogens is 5. The van der Waals surface area contributed by atoms with Crippen LogP contribution in [-0.4, -0.2) is 56.0 Å². The van der Waals surface area contributed by atoms with Gasteiger partial charge in [-0.15, -0.1) is 28.1 Å². The highest BCUT2D eigenvalue weighted by molar-refractivity contribution is 7.99. The summed E-state index contributed by atoms with van der Waals surface area (Å²) < 4.78 is 25.8. The van der Waals surface area contributed by atoms with Crippen molar-refractivity contribution in [2.75, 3.05) is 17.3 Å². The molecule has 3 aromatic carbocycles. The second kappa shape index (κ2) is 13.2. The minimum atomic E-state index is -3.34. The van der Waals surface area contributed by atoms with Crippen LogP contribution in [0.15, 0.2) is 107 Å². The number of nitro groups is 1. The molecule has 1 N–H and O–H groups in total. The minimum Gasteiger partial charge on any atom is -0.301 e. The zero-order valence-electron chi connectivity index (χ0n) is 24.7. The molecule has 3 aromatic heterocycles. The predicted octanol–water partition coefficient (Wildman–Crippen LogP) is 6.51. The number of thiazole rings is 1. The van der Waals surface area contributed by atoms with Gasteiger partial charge in [0.05, 0.1) is 32.5 Å². The first kappa shape index (κ1) is 31.7. The van der Waals surface area contributed by atoms with Crippen molar-refractivity contribution < 1.29 is 18.1 Å². The lowest BCUT2D eigenvalue weighted by molar-refractivity contribution is -0.384. The molecule has 0 aliphatic rings. The van der Waals surface area contributed by atoms with Crippen LogP contribution in [0.3, 0.4) is 0 Å². The van der Waals surface area contributed by atoms with Gasteiger partial charge in [-0.2, -0.15) is 0 Å². The van der Waals surface area contributed by atoms with Crippen molar-refractivity contribution in [2.45, 2.75) is 16.6 Å². The molecule has 3 heterocycles. The number of benzene rings is 3. The van der Waals surface area contributed by atoms with Crippen molar-refractivity contribution in [1.29, 1.82) is 0 Å². The molecule has 236 valence electrons. The van der Waals surface area contributed by atoms with Gasteiger partial charge in [0.1, 0.15) is 0 Å². The van der Waals surface area contributed by atoms with E-state index >= 15 is 0 Å². The van der Waals surface area contributed by atoms with E-state index in [4.69, 9.17) is 4.98 Å². The molecule has 0 fully saturated rings. The van der Waals surface area contributed by atoms with Crippen molar-refractivity contribution in [1.82, 2.24) is 24.7 Å². The Labute approximate surface area is 277 Å². The Morgan fingerprint density at radius 1 is 1.02 bits per heavy atom. The smallest absolute Gasteiger partial charge is 0.269 e. The maximum Gasteiger partial charge on any atom is 0.269 e. The van der Waals surface area contributed by atoms with Gasteiger partial charge in [0.25, 0.3) is 5.69 Å². The van der Waals surface area contributed by atoms with Crippen LogP contribution in [0.2, 0.25) is 0 Å². The first-order chi connectivity index (χ1) is 22.6. The Morgan fingerprint density at radius 3 is 2.43 bits per heavy atom. The molecular weight excluding hydrogens is 659 g/mol. The van der Waals surface area contributed by atoms with Gasteiger partial charge in [-0.25, -0.2) is 18.4 Å². The molecule has 6 rings (SSSR count). The number of anilines is 1. The normalized spacial score (nSPS) is 11.4. The Hall–Kier alpha value is -5.25. The number of nitro benzene ring substituents is 1. The summed E-state index contributed by atoms with van der Waals surface area (Å²) in [5.74, 6) is 0.313. The molecule has 0 atom stereocenters. The van der Waals surface area contributed by atoms with E-state index in [0.29, 0.717) is 39.6 Å². The highest BCUT2D eigenvalue weighted by Crippen LogP contribution is 2.34. The van der Waals surface area contributed by atoms with Crippen LogP contribution in [0, 0.1) is 10.1 Å². The highest BCUT2D eigenvalue weighted by Gasteiger charge is 2.20. The summed E-state index contributed by atoms with van der Waals surface area (Å²) in [4.78, 5) is 32.8. The van der Waals surface area contributed by atoms with Gasteiger partial charge in [-0.05, 0) is 36.4 Å². The van der Waals surface area contributed by atoms with Crippen molar-refractivity contribution in [2.24, 2.45) is 0 Å². The fraction of sp³-hybridized carbons (Fsp3) is 0.0938. The molecular formula is C32H25N7O5S3. The number of carbonyl (C=O) groups excluding carboxylic acids is 1. The lowest BCUT2D eigenvalue weighted by Gasteiger charge is -2.12. The number of amides is 1. The first-order valence-corrected chi connectivity index (χ1v) is 17.7. The van der Waals surface area contributed by atoms with E-state index in [0.717, 1.165) is 22.0 Å². The van der Waals surface area contributed by atoms with E-state index in [9.17, 15) is 23.3 Å². The molecule has 0 saturated carbocycles. The van der Waals surface area contributed by atoms with E-state index in [1.54, 1.807) is 47.9 Å². The van der Waals surface area contributed by atoms with Gasteiger partial charge < -0.3 is 5.32 Å². The number of hydrogen-bond donors (Lipinski definition) is 1. The van der Waals surface area contributed by atoms with Gasteiger partial charge in [-0.1, -0.05) is 48.2 Å². The summed E-state index contributed by atoms with van der Waals surface area (Å²) in [7, 11) is -3.34. The number of nitrogens with zero attached hydrogens (tertiary/aromatic N) is 6. The molecule has 12 nitrogen and oxygen atoms in total. The Bertz CT molecular complexity index is 2250. The lowest BCUT2D eigenvalue weighted by atomic mass is 10.0. The molecule has 6 aromatic rings. The third-order valence-corrected chi connectivity index (χ3v) is 9.87. The lowest BCUT2D eigenvalue weighted by Crippen LogP contribution is -2.14. The second-order valence-electron chi connectivity index (χ2n) is 10.3. The molecule has 47 heavy (non-hydrogen) atoms. The van der Waals surface area contributed by atoms with Crippen LogP contribution in [0.25, 0.3) is 44.8 Å². The zero-order valence-corrected chi connectivity index (χ0v) is 27.2. The van der Waals surface area contributed by atoms with Crippen LogP contribution in [0.4, 0.5) is 10.8 Å². The van der Waals surface area contributed by atoms with Crippen LogP contribution >= 0.6 is 23.1 Å². The molecule has 0 unspecified atom stereocenters. The van der Waals surface area contributed by atoms with Gasteiger partial charge in [0.15, 0.2) is 25.9 Å². The number of pyridine rings is 1. The number of thioether (sulfide) groups is 1. The predicted molar refractivity (Wildman–Crippen MR) is 183 cm³/mol. The molecule has 0 spiro atoms. The fourth-order valence-electron chi connectivity index (χ4n) is 4.77. The Kier molecular flexibility index (Phi) is 8.93. The number of allylic oxidation sites excluding steroid dienone is 1. The van der Waals surface area contributed by atoms with Gasteiger partial charge in [0.2, 0.25) is 5.91 Å². The van der Waals surface area contributed by atoms with Crippen LogP contribution in [-0.2, 0) is 21.2 Å². The number of para-hydroxylation sites is 1. The third-order valence-electron chi connectivity index (χ3n) is 7.02. The van der Waals surface area contributed by atoms with Crippen LogP contribution in [0.1, 0.15) is 0 Å². The largest absolute Gasteiger partial charge is 0.301 e. The highest BCUT2D eigenvalue weighted by atomic mass is 32.2. The van der Waals surface area contributed by atoms with E-state index < -0.39 is 14.8 Å². The Balaban J connectivity index is 1.23. The molecule has 0 aliphatic heterocycles. The third kappa shape index (κ3) is 6.96. The van der Waals surface area contributed by atoms with Crippen LogP contribution in [0.5, 0.6) is 0 Å². The summed E-state index contributed by atoms with van der Waals surface area (Å²) >= 11 is 2.47. The van der Waals surface area contributed by atoms with Crippen molar-refractivity contribution in [3.63, 3.8) is 0 Å². The molecule has 0 radical (unpaired) electrons. The summed E-state index contributed by atoms with van der Waals surface area (Å²) in [6.07, 6.45) is 2.89. The van der Waals surface area contributed by atoms with E-state index in [-0.39, 0.29) is 22.2 Å². The van der Waals surface area contributed by atoms with Gasteiger partial charge in [-0.3, -0.25) is 19.5 Å². The van der Waals surface area contributed by atoms with E-state index in [1.165, 1.54) is 41.5 Å². The average molecular weight is 684 g/mol. The number of carbonyl (C=O) groups is 1. The molecule has 0 aliphatic carbocycles. The quantitative estimate of drug-likeness (QED) is 0.0689. The average Bonchev–Trinajstić information content (AvgIpc) is 3.70. The van der Waals surface area contributed by atoms with Crippen molar-refractivity contribution >= 4 is 60.6 Å². The summed E-state index contributed by atoms with van der Waals surface area (Å²) in [6, 6.07) is 22.1. The minimum absolute atomic E-state index is 0.0132. The summed E-state index contributed by atoms with van der Waals surface area (Å²) in [5, 5.41) is 26.2. The fourth-order valence-corrected chi connectivity index (χ4v) is 6.89. The summed E-state index contributed by atoms with van der Waals surface area (Å²) in [5.41, 5.74) is 4.15. The molecule has 0 saturated heterocycles. The number of rotatable bonds is 11. The zero-order chi connectivity index (χ0) is 33.1. The van der Waals surface area contributed by atoms with Gasteiger partial charge in [0, 0.05) is 52.4 Å². The molecule has 0 bridgehead atoms. The van der Waals surface area contributed by atoms with E-state index in [2.05, 4.69) is 27.1 Å². The number of hydrogen-bond acceptors (Lipinski definition) is 11. The maximum atomic E-state index is 12.9. The monoisotopic (exact) mass is 683 g/mol. The SMILES string of the molecule is C=CCn1c(SCC(=O)Nc2nc(-c3ccc([N+](=O)[O-])cc3)cs2)nnc1-c1cc(-c2ccc(S(C)(=O)=O)cc2)nc2ccccc12. The number of fused-ring (bicyclic) bond motifs is 1. The maximum absolute atomic E-state index is 12.9. The topological polar surface area (TPSA) is 163 Å². The van der Waals surface area contributed by atoms with Crippen molar-refractivity contribution in [3.05, 3.63) is 107 Å². The van der Waals surface area contributed by atoms with E-state index in [1.807, 2.05) is 34.9 Å². The van der Waals surface area contributed by atoms with Crippen molar-refractivity contribution in [3.8, 4) is 33.9 Å². The first-order valence-electron chi connectivity index (χ1n) is 14.0. The number of sulfone groups is 1.